The highest BCUT2D eigenvalue weighted by Crippen LogP contribution is 2.20. The summed E-state index contributed by atoms with van der Waals surface area (Å²) < 4.78 is 10.2. The molecule has 0 spiro atoms. The third-order valence-corrected chi connectivity index (χ3v) is 4.15. The third-order valence-electron chi connectivity index (χ3n) is 3.95. The number of ether oxygens (including phenoxy) is 2. The average molecular weight is 388 g/mol. The van der Waals surface area contributed by atoms with E-state index >= 15 is 0 Å². The molecule has 2 rings (SSSR count). The lowest BCUT2D eigenvalue weighted by Crippen LogP contribution is -2.25. The Bertz CT molecular complexity index is 857. The number of rotatable bonds is 6. The highest BCUT2D eigenvalue weighted by atomic mass is 32.1. The van der Waals surface area contributed by atoms with E-state index in [1.807, 2.05) is 45.0 Å². The van der Waals surface area contributed by atoms with Gasteiger partial charge in [0.1, 0.15) is 5.75 Å². The van der Waals surface area contributed by atoms with Gasteiger partial charge in [0.05, 0.1) is 30.7 Å². The van der Waals surface area contributed by atoms with E-state index in [9.17, 15) is 4.79 Å². The minimum Gasteiger partial charge on any atom is -0.497 e. The molecule has 0 fully saturated rings. The smallest absolute Gasteiger partial charge is 0.340 e. The van der Waals surface area contributed by atoms with Gasteiger partial charge < -0.3 is 19.8 Å². The van der Waals surface area contributed by atoms with Gasteiger partial charge >= 0.3 is 5.97 Å². The molecule has 27 heavy (non-hydrogen) atoms. The average Bonchev–Trinajstić information content (AvgIpc) is 2.95. The van der Waals surface area contributed by atoms with Crippen LogP contribution in [0.5, 0.6) is 5.75 Å². The Morgan fingerprint density at radius 1 is 1.26 bits per heavy atom. The Kier molecular flexibility index (Phi) is 6.95. The summed E-state index contributed by atoms with van der Waals surface area (Å²) >= 11 is 5.26. The molecule has 0 unspecified atom stereocenters. The molecule has 1 aromatic heterocycles. The zero-order valence-electron chi connectivity index (χ0n) is 16.1. The van der Waals surface area contributed by atoms with Crippen molar-refractivity contribution in [2.24, 2.45) is 5.10 Å². The van der Waals surface area contributed by atoms with Crippen molar-refractivity contribution in [2.75, 3.05) is 19.0 Å². The molecule has 0 aliphatic rings. The number of nitrogens with one attached hydrogen (secondary N) is 3. The molecule has 3 N–H and O–H groups in total. The lowest BCUT2D eigenvalue weighted by molar-refractivity contribution is 0.0525. The van der Waals surface area contributed by atoms with Crippen molar-refractivity contribution >= 4 is 34.7 Å². The second kappa shape index (κ2) is 9.18. The van der Waals surface area contributed by atoms with Crippen LogP contribution in [0.25, 0.3) is 0 Å². The minimum atomic E-state index is -0.340. The topological polar surface area (TPSA) is 87.7 Å². The van der Waals surface area contributed by atoms with E-state index in [4.69, 9.17) is 21.7 Å². The summed E-state index contributed by atoms with van der Waals surface area (Å²) in [6, 6.07) is 7.38. The van der Waals surface area contributed by atoms with Gasteiger partial charge in [0.2, 0.25) is 0 Å². The monoisotopic (exact) mass is 388 g/mol. The number of aryl methyl sites for hydroxylation is 1. The van der Waals surface area contributed by atoms with Crippen LogP contribution in [0.4, 0.5) is 5.69 Å². The predicted octanol–water partition coefficient (Wildman–Crippen LogP) is 3.53. The zero-order chi connectivity index (χ0) is 20.0. The van der Waals surface area contributed by atoms with Crippen LogP contribution in [0.15, 0.2) is 29.4 Å². The van der Waals surface area contributed by atoms with Crippen LogP contribution in [0.1, 0.15) is 41.2 Å². The summed E-state index contributed by atoms with van der Waals surface area (Å²) in [5.41, 5.74) is 7.14. The summed E-state index contributed by atoms with van der Waals surface area (Å²) in [5.74, 6) is 0.427. The van der Waals surface area contributed by atoms with Gasteiger partial charge in [-0.2, -0.15) is 5.10 Å². The first-order valence-corrected chi connectivity index (χ1v) is 8.90. The molecule has 1 aromatic carbocycles. The number of H-pyrrole nitrogens is 1. The van der Waals surface area contributed by atoms with Crippen LogP contribution in [0, 0.1) is 13.8 Å². The molecule has 0 amide bonds. The molecule has 0 bridgehead atoms. The zero-order valence-corrected chi connectivity index (χ0v) is 16.9. The van der Waals surface area contributed by atoms with Gasteiger partial charge in [-0.3, -0.25) is 5.43 Å². The number of methoxy groups -OCH3 is 1. The normalized spacial score (nSPS) is 11.1. The lowest BCUT2D eigenvalue weighted by atomic mass is 10.1. The number of carbonyl (C=O) groups excluding carboxylic acids is 1. The number of aromatic amines is 1. The number of nitrogens with zero attached hydrogens (tertiary/aromatic N) is 1. The van der Waals surface area contributed by atoms with Crippen LogP contribution in [0.3, 0.4) is 0 Å². The fourth-order valence-corrected chi connectivity index (χ4v) is 2.81. The van der Waals surface area contributed by atoms with Crippen LogP contribution in [-0.2, 0) is 4.74 Å². The molecule has 7 nitrogen and oxygen atoms in total. The molecule has 0 saturated heterocycles. The molecule has 0 aliphatic carbocycles. The van der Waals surface area contributed by atoms with E-state index in [-0.39, 0.29) is 5.97 Å². The summed E-state index contributed by atoms with van der Waals surface area (Å²) in [6.07, 6.45) is 0. The minimum absolute atomic E-state index is 0.332. The van der Waals surface area contributed by atoms with Crippen LogP contribution < -0.4 is 15.5 Å². The SMILES string of the molecule is CCOC(=O)c1c(C)[nH]c(/C(C)=N/NC(=S)Nc2ccc(OC)cc2)c1C. The summed E-state index contributed by atoms with van der Waals surface area (Å²) in [5, 5.41) is 7.69. The third kappa shape index (κ3) is 5.07. The van der Waals surface area contributed by atoms with E-state index in [1.54, 1.807) is 14.0 Å². The molecular weight excluding hydrogens is 364 g/mol. The number of anilines is 1. The molecule has 144 valence electrons. The fourth-order valence-electron chi connectivity index (χ4n) is 2.65. The molecule has 8 heteroatoms. The summed E-state index contributed by atoms with van der Waals surface area (Å²) in [7, 11) is 1.61. The molecule has 0 atom stereocenters. The second-order valence-corrected chi connectivity index (χ2v) is 6.25. The van der Waals surface area contributed by atoms with E-state index in [2.05, 4.69) is 20.8 Å². The Morgan fingerprint density at radius 2 is 1.93 bits per heavy atom. The van der Waals surface area contributed by atoms with Gasteiger partial charge in [0.15, 0.2) is 5.11 Å². The molecular formula is C19H24N4O3S. The first-order valence-electron chi connectivity index (χ1n) is 8.49. The quantitative estimate of drug-likeness (QED) is 0.304. The standard InChI is InChI=1S/C19H24N4O3S/c1-6-26-18(24)16-11(2)17(20-12(16)3)13(4)22-23-19(27)21-14-7-9-15(25-5)10-8-14/h7-10,20H,6H2,1-5H3,(H2,21,23,27)/b22-13+. The van der Waals surface area contributed by atoms with Gasteiger partial charge in [-0.1, -0.05) is 0 Å². The van der Waals surface area contributed by atoms with E-state index < -0.39 is 0 Å². The number of carbonyl (C=O) groups is 1. The summed E-state index contributed by atoms with van der Waals surface area (Å²) in [6.45, 7) is 7.63. The van der Waals surface area contributed by atoms with Gasteiger partial charge in [-0.05, 0) is 69.7 Å². The first kappa shape index (κ1) is 20.4. The van der Waals surface area contributed by atoms with Gasteiger partial charge in [-0.25, -0.2) is 4.79 Å². The largest absolute Gasteiger partial charge is 0.497 e. The highest BCUT2D eigenvalue weighted by molar-refractivity contribution is 7.80. The Morgan fingerprint density at radius 3 is 2.52 bits per heavy atom. The van der Waals surface area contributed by atoms with Gasteiger partial charge in [-0.15, -0.1) is 0 Å². The van der Waals surface area contributed by atoms with Gasteiger partial charge in [0, 0.05) is 11.4 Å². The van der Waals surface area contributed by atoms with Crippen molar-refractivity contribution in [3.8, 4) is 5.75 Å². The number of hydrogen-bond acceptors (Lipinski definition) is 5. The van der Waals surface area contributed by atoms with Crippen molar-refractivity contribution in [3.63, 3.8) is 0 Å². The van der Waals surface area contributed by atoms with E-state index in [0.717, 1.165) is 28.4 Å². The van der Waals surface area contributed by atoms with Crippen molar-refractivity contribution in [1.29, 1.82) is 0 Å². The fraction of sp³-hybridized carbons (Fsp3) is 0.316. The van der Waals surface area contributed by atoms with Crippen LogP contribution >= 0.6 is 12.2 Å². The first-order chi connectivity index (χ1) is 12.9. The van der Waals surface area contributed by atoms with Crippen LogP contribution in [-0.4, -0.2) is 35.5 Å². The maximum absolute atomic E-state index is 12.1. The highest BCUT2D eigenvalue weighted by Gasteiger charge is 2.20. The Hall–Kier alpha value is -2.87. The maximum atomic E-state index is 12.1. The van der Waals surface area contributed by atoms with E-state index in [1.165, 1.54) is 0 Å². The predicted molar refractivity (Wildman–Crippen MR) is 111 cm³/mol. The van der Waals surface area contributed by atoms with Gasteiger partial charge in [0.25, 0.3) is 0 Å². The molecule has 0 radical (unpaired) electrons. The lowest BCUT2D eigenvalue weighted by Gasteiger charge is -2.09. The number of hydrazone groups is 1. The van der Waals surface area contributed by atoms with Crippen LogP contribution in [0.2, 0.25) is 0 Å². The number of benzene rings is 1. The number of hydrogen-bond donors (Lipinski definition) is 3. The number of esters is 1. The van der Waals surface area contributed by atoms with Crippen molar-refractivity contribution < 1.29 is 14.3 Å². The number of thiocarbonyl (C=S) groups is 1. The van der Waals surface area contributed by atoms with Crippen molar-refractivity contribution in [1.82, 2.24) is 10.4 Å². The van der Waals surface area contributed by atoms with Crippen molar-refractivity contribution in [3.05, 3.63) is 46.8 Å². The Labute approximate surface area is 164 Å². The molecule has 0 saturated carbocycles. The molecule has 0 aliphatic heterocycles. The molecule has 1 heterocycles. The molecule has 2 aromatic rings. The maximum Gasteiger partial charge on any atom is 0.340 e. The second-order valence-electron chi connectivity index (χ2n) is 5.84. The van der Waals surface area contributed by atoms with Crippen molar-refractivity contribution in [2.45, 2.75) is 27.7 Å². The Balaban J connectivity index is 2.07. The summed E-state index contributed by atoms with van der Waals surface area (Å²) in [4.78, 5) is 15.3. The van der Waals surface area contributed by atoms with E-state index in [0.29, 0.717) is 23.0 Å². The number of aromatic nitrogens is 1.